The van der Waals surface area contributed by atoms with E-state index in [2.05, 4.69) is 4.98 Å². The minimum atomic E-state index is -3.76. The van der Waals surface area contributed by atoms with Crippen LogP contribution in [0, 0.1) is 11.7 Å². The van der Waals surface area contributed by atoms with Crippen LogP contribution in [0.3, 0.4) is 0 Å². The number of likely N-dealkylation sites (tertiary alicyclic amines) is 1. The van der Waals surface area contributed by atoms with Crippen LogP contribution in [0.25, 0.3) is 11.0 Å². The van der Waals surface area contributed by atoms with Crippen molar-refractivity contribution in [3.05, 3.63) is 60.2 Å². The maximum atomic E-state index is 13.4. The highest BCUT2D eigenvalue weighted by Crippen LogP contribution is 2.30. The zero-order valence-electron chi connectivity index (χ0n) is 18.3. The topological polar surface area (TPSA) is 86.4 Å². The first-order valence-electron chi connectivity index (χ1n) is 11.4. The lowest BCUT2D eigenvalue weighted by Crippen LogP contribution is -2.48. The normalized spacial score (nSPS) is 22.5. The molecule has 2 unspecified atom stereocenters. The Morgan fingerprint density at radius 3 is 2.55 bits per heavy atom. The molecule has 7 nitrogen and oxygen atoms in total. The predicted octanol–water partition coefficient (Wildman–Crippen LogP) is 3.51. The molecule has 2 saturated heterocycles. The number of aromatic nitrogens is 2. The zero-order chi connectivity index (χ0) is 23.0. The Morgan fingerprint density at radius 2 is 1.76 bits per heavy atom. The fourth-order valence-electron chi connectivity index (χ4n) is 4.94. The number of carbonyl (C=O) groups is 1. The highest BCUT2D eigenvalue weighted by atomic mass is 32.2. The summed E-state index contributed by atoms with van der Waals surface area (Å²) in [6.07, 6.45) is 3.13. The average molecular weight is 471 g/mol. The minimum absolute atomic E-state index is 0.00909. The monoisotopic (exact) mass is 470 g/mol. The first kappa shape index (κ1) is 22.0. The van der Waals surface area contributed by atoms with E-state index in [0.717, 1.165) is 41.8 Å². The number of carbonyl (C=O) groups excluding carboxylic acids is 1. The number of amides is 1. The maximum absolute atomic E-state index is 13.4. The number of rotatable bonds is 4. The van der Waals surface area contributed by atoms with E-state index in [0.29, 0.717) is 32.5 Å². The Morgan fingerprint density at radius 1 is 1.00 bits per heavy atom. The quantitative estimate of drug-likeness (QED) is 0.632. The molecule has 0 spiro atoms. The third-order valence-electron chi connectivity index (χ3n) is 6.71. The Balaban J connectivity index is 1.29. The zero-order valence-corrected chi connectivity index (χ0v) is 19.1. The molecule has 174 valence electrons. The summed E-state index contributed by atoms with van der Waals surface area (Å²) < 4.78 is 40.7. The minimum Gasteiger partial charge on any atom is -0.342 e. The number of H-pyrrole nitrogens is 1. The van der Waals surface area contributed by atoms with E-state index in [9.17, 15) is 17.6 Å². The highest BCUT2D eigenvalue weighted by molar-refractivity contribution is 7.89. The second kappa shape index (κ2) is 8.87. The molecule has 2 atom stereocenters. The van der Waals surface area contributed by atoms with E-state index in [1.54, 1.807) is 0 Å². The molecule has 2 aliphatic rings. The van der Waals surface area contributed by atoms with Crippen LogP contribution in [-0.4, -0.2) is 59.7 Å². The standard InChI is InChI=1S/C24H27FN4O3S/c25-19-9-11-20(12-10-19)33(31,32)29-14-4-6-18(16-29)24(30)28-13-3-5-17(15-28)23-26-21-7-1-2-8-22(21)27-23/h1-2,7-12,17-18H,3-6,13-16H2,(H,26,27). The van der Waals surface area contributed by atoms with E-state index >= 15 is 0 Å². The largest absolute Gasteiger partial charge is 0.342 e. The summed E-state index contributed by atoms with van der Waals surface area (Å²) in [5.74, 6) is 0.193. The molecule has 0 aliphatic carbocycles. The van der Waals surface area contributed by atoms with Crippen LogP contribution in [0.15, 0.2) is 53.4 Å². The van der Waals surface area contributed by atoms with E-state index in [1.807, 2.05) is 29.2 Å². The van der Waals surface area contributed by atoms with Gasteiger partial charge in [-0.25, -0.2) is 17.8 Å². The number of piperidine rings is 2. The number of aromatic amines is 1. The molecule has 1 amide bonds. The lowest BCUT2D eigenvalue weighted by molar-refractivity contribution is -0.138. The van der Waals surface area contributed by atoms with Crippen LogP contribution in [0.2, 0.25) is 0 Å². The van der Waals surface area contributed by atoms with Gasteiger partial charge in [-0.2, -0.15) is 4.31 Å². The molecule has 1 N–H and O–H groups in total. The molecular weight excluding hydrogens is 443 g/mol. The highest BCUT2D eigenvalue weighted by Gasteiger charge is 2.36. The van der Waals surface area contributed by atoms with Crippen molar-refractivity contribution < 1.29 is 17.6 Å². The number of nitrogens with one attached hydrogen (secondary N) is 1. The van der Waals surface area contributed by atoms with Crippen molar-refractivity contribution in [2.45, 2.75) is 36.5 Å². The molecule has 5 rings (SSSR count). The maximum Gasteiger partial charge on any atom is 0.243 e. The van der Waals surface area contributed by atoms with E-state index < -0.39 is 15.8 Å². The van der Waals surface area contributed by atoms with Crippen molar-refractivity contribution in [1.82, 2.24) is 19.2 Å². The second-order valence-electron chi connectivity index (χ2n) is 8.92. The lowest BCUT2D eigenvalue weighted by Gasteiger charge is -2.37. The first-order chi connectivity index (χ1) is 15.9. The third kappa shape index (κ3) is 4.39. The Hall–Kier alpha value is -2.78. The number of fused-ring (bicyclic) bond motifs is 1. The molecule has 1 aromatic heterocycles. The van der Waals surface area contributed by atoms with Crippen molar-refractivity contribution in [2.24, 2.45) is 5.92 Å². The van der Waals surface area contributed by atoms with Crippen LogP contribution >= 0.6 is 0 Å². The van der Waals surface area contributed by atoms with Gasteiger partial charge in [0, 0.05) is 32.1 Å². The molecule has 0 bridgehead atoms. The predicted molar refractivity (Wildman–Crippen MR) is 123 cm³/mol. The molecule has 2 aromatic carbocycles. The Bertz CT molecular complexity index is 1230. The molecule has 9 heteroatoms. The summed E-state index contributed by atoms with van der Waals surface area (Å²) in [6.45, 7) is 1.78. The van der Waals surface area contributed by atoms with Crippen LogP contribution in [-0.2, 0) is 14.8 Å². The van der Waals surface area contributed by atoms with E-state index in [1.165, 1.54) is 16.4 Å². The van der Waals surface area contributed by atoms with Gasteiger partial charge in [-0.3, -0.25) is 4.79 Å². The molecule has 3 aromatic rings. The van der Waals surface area contributed by atoms with E-state index in [4.69, 9.17) is 4.98 Å². The van der Waals surface area contributed by atoms with Gasteiger partial charge in [-0.1, -0.05) is 12.1 Å². The van der Waals surface area contributed by atoms with Crippen molar-refractivity contribution >= 4 is 27.0 Å². The van der Waals surface area contributed by atoms with Gasteiger partial charge in [0.05, 0.1) is 21.8 Å². The third-order valence-corrected chi connectivity index (χ3v) is 8.59. The van der Waals surface area contributed by atoms with Gasteiger partial charge < -0.3 is 9.88 Å². The van der Waals surface area contributed by atoms with Gasteiger partial charge in [0.2, 0.25) is 15.9 Å². The smallest absolute Gasteiger partial charge is 0.243 e. The second-order valence-corrected chi connectivity index (χ2v) is 10.9. The van der Waals surface area contributed by atoms with Gasteiger partial charge in [0.25, 0.3) is 0 Å². The van der Waals surface area contributed by atoms with Crippen molar-refractivity contribution in [2.75, 3.05) is 26.2 Å². The fourth-order valence-corrected chi connectivity index (χ4v) is 6.47. The van der Waals surface area contributed by atoms with Crippen LogP contribution < -0.4 is 0 Å². The van der Waals surface area contributed by atoms with E-state index in [-0.39, 0.29) is 29.2 Å². The molecule has 33 heavy (non-hydrogen) atoms. The van der Waals surface area contributed by atoms with Crippen molar-refractivity contribution in [3.63, 3.8) is 0 Å². The van der Waals surface area contributed by atoms with Crippen molar-refractivity contribution in [1.29, 1.82) is 0 Å². The summed E-state index contributed by atoms with van der Waals surface area (Å²) in [7, 11) is -3.76. The molecule has 2 fully saturated rings. The lowest BCUT2D eigenvalue weighted by atomic mass is 9.93. The van der Waals surface area contributed by atoms with Crippen molar-refractivity contribution in [3.8, 4) is 0 Å². The number of halogens is 1. The SMILES string of the molecule is O=C(C1CCCN(S(=O)(=O)c2ccc(F)cc2)C1)N1CCCC(c2nc3ccccc3[nH]2)C1. The van der Waals surface area contributed by atoms with Gasteiger partial charge in [0.1, 0.15) is 11.6 Å². The summed E-state index contributed by atoms with van der Waals surface area (Å²) in [5.41, 5.74) is 1.91. The number of hydrogen-bond acceptors (Lipinski definition) is 4. The van der Waals surface area contributed by atoms with Crippen LogP contribution in [0.5, 0.6) is 0 Å². The summed E-state index contributed by atoms with van der Waals surface area (Å²) in [4.78, 5) is 23.4. The van der Waals surface area contributed by atoms with Gasteiger partial charge in [-0.15, -0.1) is 0 Å². The average Bonchev–Trinajstić information content (AvgIpc) is 3.28. The fraction of sp³-hybridized carbons (Fsp3) is 0.417. The van der Waals surface area contributed by atoms with Gasteiger partial charge in [-0.05, 0) is 62.1 Å². The summed E-state index contributed by atoms with van der Waals surface area (Å²) in [6, 6.07) is 12.7. The number of para-hydroxylation sites is 2. The van der Waals surface area contributed by atoms with Crippen LogP contribution in [0.4, 0.5) is 4.39 Å². The molecule has 0 saturated carbocycles. The van der Waals surface area contributed by atoms with Gasteiger partial charge >= 0.3 is 0 Å². The Kier molecular flexibility index (Phi) is 5.92. The molecule has 3 heterocycles. The first-order valence-corrected chi connectivity index (χ1v) is 12.8. The Labute approximate surface area is 192 Å². The molecule has 2 aliphatic heterocycles. The number of nitrogens with zero attached hydrogens (tertiary/aromatic N) is 3. The van der Waals surface area contributed by atoms with Crippen LogP contribution in [0.1, 0.15) is 37.4 Å². The molecule has 0 radical (unpaired) electrons. The summed E-state index contributed by atoms with van der Waals surface area (Å²) in [5, 5.41) is 0. The number of imidazole rings is 1. The summed E-state index contributed by atoms with van der Waals surface area (Å²) >= 11 is 0. The number of benzene rings is 2. The molecular formula is C24H27FN4O3S. The number of sulfonamides is 1. The number of hydrogen-bond donors (Lipinski definition) is 1. The van der Waals surface area contributed by atoms with Gasteiger partial charge in [0.15, 0.2) is 0 Å².